The van der Waals surface area contributed by atoms with E-state index in [0.29, 0.717) is 5.02 Å². The predicted octanol–water partition coefficient (Wildman–Crippen LogP) is 4.52. The molecule has 0 unspecified atom stereocenters. The van der Waals surface area contributed by atoms with Gasteiger partial charge in [-0.1, -0.05) is 23.7 Å². The first kappa shape index (κ1) is 21.8. The number of carbonyl (C=O) groups excluding carboxylic acids is 1. The molecule has 0 saturated carbocycles. The molecule has 0 bridgehead atoms. The van der Waals surface area contributed by atoms with Crippen LogP contribution in [0.15, 0.2) is 69.6 Å². The number of anilines is 1. The van der Waals surface area contributed by atoms with E-state index in [1.807, 2.05) is 0 Å². The molecule has 11 heteroatoms. The number of rotatable bonds is 4. The van der Waals surface area contributed by atoms with Crippen LogP contribution in [0.3, 0.4) is 0 Å². The summed E-state index contributed by atoms with van der Waals surface area (Å²) in [6.07, 6.45) is -4.56. The van der Waals surface area contributed by atoms with E-state index in [1.165, 1.54) is 30.3 Å². The van der Waals surface area contributed by atoms with Crippen molar-refractivity contribution in [1.82, 2.24) is 9.13 Å². The van der Waals surface area contributed by atoms with Crippen molar-refractivity contribution >= 4 is 44.7 Å². The number of nitrogens with one attached hydrogen (secondary N) is 1. The molecule has 1 N–H and O–H groups in total. The molecule has 0 radical (unpaired) electrons. The fraction of sp³-hybridized carbons (Fsp3) is 0.0952. The molecule has 0 atom stereocenters. The van der Waals surface area contributed by atoms with Crippen molar-refractivity contribution in [3.8, 4) is 5.69 Å². The third kappa shape index (κ3) is 4.19. The van der Waals surface area contributed by atoms with Crippen molar-refractivity contribution in [2.24, 2.45) is 0 Å². The van der Waals surface area contributed by atoms with Crippen molar-refractivity contribution in [1.29, 1.82) is 0 Å². The Morgan fingerprint density at radius 3 is 2.53 bits per heavy atom. The second kappa shape index (κ2) is 8.29. The Hall–Kier alpha value is -3.37. The van der Waals surface area contributed by atoms with E-state index in [9.17, 15) is 27.6 Å². The van der Waals surface area contributed by atoms with Crippen LogP contribution in [0.4, 0.5) is 18.9 Å². The Balaban J connectivity index is 1.74. The number of hydrogen-bond acceptors (Lipinski definition) is 4. The molecule has 0 aliphatic carbocycles. The Bertz CT molecular complexity index is 1460. The van der Waals surface area contributed by atoms with Crippen LogP contribution >= 0.6 is 22.9 Å². The fourth-order valence-corrected chi connectivity index (χ4v) is 4.21. The van der Waals surface area contributed by atoms with Gasteiger partial charge in [0.1, 0.15) is 11.2 Å². The second-order valence-electron chi connectivity index (χ2n) is 6.75. The molecule has 4 rings (SSSR count). The monoisotopic (exact) mass is 479 g/mol. The zero-order valence-electron chi connectivity index (χ0n) is 16.0. The smallest absolute Gasteiger partial charge is 0.325 e. The first-order valence-corrected chi connectivity index (χ1v) is 10.4. The summed E-state index contributed by atoms with van der Waals surface area (Å²) in [7, 11) is 0. The third-order valence-corrected chi connectivity index (χ3v) is 5.72. The summed E-state index contributed by atoms with van der Waals surface area (Å²) in [6, 6.07) is 11.8. The van der Waals surface area contributed by atoms with E-state index in [1.54, 1.807) is 17.5 Å². The maximum Gasteiger partial charge on any atom is 0.416 e. The summed E-state index contributed by atoms with van der Waals surface area (Å²) in [6.45, 7) is -0.511. The number of alkyl halides is 3. The molecule has 0 saturated heterocycles. The first-order chi connectivity index (χ1) is 15.1. The predicted molar refractivity (Wildman–Crippen MR) is 117 cm³/mol. The maximum absolute atomic E-state index is 13.1. The van der Waals surface area contributed by atoms with Crippen molar-refractivity contribution in [3.05, 3.63) is 91.4 Å². The van der Waals surface area contributed by atoms with Crippen LogP contribution in [0, 0.1) is 0 Å². The quantitative estimate of drug-likeness (QED) is 0.467. The van der Waals surface area contributed by atoms with E-state index < -0.39 is 35.4 Å². The van der Waals surface area contributed by atoms with Crippen LogP contribution in [0.1, 0.15) is 5.56 Å². The summed E-state index contributed by atoms with van der Waals surface area (Å²) in [4.78, 5) is 38.6. The summed E-state index contributed by atoms with van der Waals surface area (Å²) >= 11 is 7.09. The zero-order valence-corrected chi connectivity index (χ0v) is 17.6. The molecule has 0 fully saturated rings. The highest BCUT2D eigenvalue weighted by Gasteiger charge is 2.30. The summed E-state index contributed by atoms with van der Waals surface area (Å²) in [5.41, 5.74) is -1.83. The minimum Gasteiger partial charge on any atom is -0.325 e. The third-order valence-electron chi connectivity index (χ3n) is 4.60. The lowest BCUT2D eigenvalue weighted by atomic mass is 10.2. The van der Waals surface area contributed by atoms with Crippen LogP contribution in [-0.2, 0) is 17.5 Å². The van der Waals surface area contributed by atoms with Gasteiger partial charge in [-0.25, -0.2) is 9.36 Å². The average Bonchev–Trinajstić information content (AvgIpc) is 3.21. The molecule has 32 heavy (non-hydrogen) atoms. The van der Waals surface area contributed by atoms with E-state index in [-0.39, 0.29) is 21.6 Å². The van der Waals surface area contributed by atoms with Gasteiger partial charge in [0.25, 0.3) is 5.56 Å². The summed E-state index contributed by atoms with van der Waals surface area (Å²) < 4.78 is 41.0. The van der Waals surface area contributed by atoms with E-state index in [2.05, 4.69) is 5.32 Å². The molecule has 2 aromatic heterocycles. The normalized spacial score (nSPS) is 11.6. The molecular formula is C21H13ClF3N3O3S. The topological polar surface area (TPSA) is 73.1 Å². The number of hydrogen-bond donors (Lipinski definition) is 1. The van der Waals surface area contributed by atoms with E-state index in [4.69, 9.17) is 11.6 Å². The van der Waals surface area contributed by atoms with E-state index >= 15 is 0 Å². The van der Waals surface area contributed by atoms with Crippen LogP contribution in [0.25, 0.3) is 15.9 Å². The standard InChI is InChI=1S/C21H13ClF3N3O3S/c22-13-4-2-6-15(10-13)28-19(30)18-16(7-8-32-18)27(20(28)31)11-17(29)26-14-5-1-3-12(9-14)21(23,24)25/h1-10H,11H2,(H,26,29). The number of amides is 1. The van der Waals surface area contributed by atoms with Gasteiger partial charge in [-0.15, -0.1) is 11.3 Å². The van der Waals surface area contributed by atoms with Gasteiger partial charge in [0, 0.05) is 10.7 Å². The highest BCUT2D eigenvalue weighted by molar-refractivity contribution is 7.17. The summed E-state index contributed by atoms with van der Waals surface area (Å²) in [5.74, 6) is -0.727. The largest absolute Gasteiger partial charge is 0.416 e. The number of carbonyl (C=O) groups is 1. The zero-order chi connectivity index (χ0) is 23.0. The van der Waals surface area contributed by atoms with Gasteiger partial charge in [-0.3, -0.25) is 14.2 Å². The van der Waals surface area contributed by atoms with Gasteiger partial charge >= 0.3 is 11.9 Å². The van der Waals surface area contributed by atoms with Gasteiger partial charge in [0.05, 0.1) is 16.8 Å². The van der Waals surface area contributed by atoms with Crippen molar-refractivity contribution in [2.75, 3.05) is 5.32 Å². The second-order valence-corrected chi connectivity index (χ2v) is 8.10. The van der Waals surface area contributed by atoms with Crippen molar-refractivity contribution in [2.45, 2.75) is 12.7 Å². The van der Waals surface area contributed by atoms with Gasteiger partial charge in [-0.05, 0) is 47.8 Å². The minimum absolute atomic E-state index is 0.0670. The molecule has 164 valence electrons. The van der Waals surface area contributed by atoms with Crippen LogP contribution in [0.2, 0.25) is 5.02 Å². The highest BCUT2D eigenvalue weighted by Crippen LogP contribution is 2.30. The minimum atomic E-state index is -4.56. The molecule has 4 aromatic rings. The summed E-state index contributed by atoms with van der Waals surface area (Å²) in [5, 5.41) is 4.29. The maximum atomic E-state index is 13.1. The lowest BCUT2D eigenvalue weighted by molar-refractivity contribution is -0.137. The Kier molecular flexibility index (Phi) is 5.66. The Morgan fingerprint density at radius 2 is 1.81 bits per heavy atom. The number of thiophene rings is 1. The molecule has 0 spiro atoms. The Morgan fingerprint density at radius 1 is 1.06 bits per heavy atom. The SMILES string of the molecule is O=C(Cn1c(=O)n(-c2cccc(Cl)c2)c(=O)c2sccc21)Nc1cccc(C(F)(F)F)c1. The molecule has 1 amide bonds. The van der Waals surface area contributed by atoms with Gasteiger partial charge in [0.15, 0.2) is 0 Å². The lowest BCUT2D eigenvalue weighted by Gasteiger charge is -2.13. The molecule has 2 heterocycles. The molecular weight excluding hydrogens is 467 g/mol. The van der Waals surface area contributed by atoms with Crippen molar-refractivity contribution in [3.63, 3.8) is 0 Å². The number of benzene rings is 2. The Labute approximate surface area is 187 Å². The average molecular weight is 480 g/mol. The number of aromatic nitrogens is 2. The van der Waals surface area contributed by atoms with Crippen LogP contribution in [-0.4, -0.2) is 15.0 Å². The number of fused-ring (bicyclic) bond motifs is 1. The molecule has 2 aromatic carbocycles. The van der Waals surface area contributed by atoms with E-state index in [0.717, 1.165) is 32.6 Å². The highest BCUT2D eigenvalue weighted by atomic mass is 35.5. The van der Waals surface area contributed by atoms with Gasteiger partial charge in [-0.2, -0.15) is 13.2 Å². The van der Waals surface area contributed by atoms with Crippen LogP contribution < -0.4 is 16.6 Å². The van der Waals surface area contributed by atoms with Gasteiger partial charge in [0.2, 0.25) is 5.91 Å². The van der Waals surface area contributed by atoms with Crippen molar-refractivity contribution < 1.29 is 18.0 Å². The fourth-order valence-electron chi connectivity index (χ4n) is 3.20. The molecule has 0 aliphatic heterocycles. The molecule has 0 aliphatic rings. The lowest BCUT2D eigenvalue weighted by Crippen LogP contribution is -2.40. The van der Waals surface area contributed by atoms with Crippen LogP contribution in [0.5, 0.6) is 0 Å². The van der Waals surface area contributed by atoms with Gasteiger partial charge < -0.3 is 5.32 Å². The first-order valence-electron chi connectivity index (χ1n) is 9.11. The number of halogens is 4. The number of nitrogens with zero attached hydrogens (tertiary/aromatic N) is 2. The molecule has 6 nitrogen and oxygen atoms in total.